The zero-order valence-electron chi connectivity index (χ0n) is 15.8. The number of benzene rings is 2. The minimum absolute atomic E-state index is 0.112. The van der Waals surface area contributed by atoms with Crippen LogP contribution in [-0.2, 0) is 7.05 Å². The normalized spacial score (nSPS) is 11.1. The van der Waals surface area contributed by atoms with Crippen LogP contribution >= 0.6 is 0 Å². The number of rotatable bonds is 4. The molecule has 30 heavy (non-hydrogen) atoms. The summed E-state index contributed by atoms with van der Waals surface area (Å²) in [5, 5.41) is 11.0. The Hall–Kier alpha value is -4.20. The summed E-state index contributed by atoms with van der Waals surface area (Å²) < 4.78 is 26.9. The second kappa shape index (κ2) is 7.00. The largest absolute Gasteiger partial charge is 0.459 e. The number of hydrogen-bond donors (Lipinski definition) is 1. The molecule has 0 aliphatic carbocycles. The SMILES string of the molecule is Cn1ccc2cc(-c3ccc(F)c(C(=O)Nc4nnc(-c5ccco5)o4)c3)ccc21. The molecule has 0 unspecified atom stereocenters. The van der Waals surface area contributed by atoms with Crippen molar-refractivity contribution in [2.45, 2.75) is 0 Å². The van der Waals surface area contributed by atoms with Crippen molar-refractivity contribution in [3.05, 3.63) is 78.4 Å². The Balaban J connectivity index is 1.43. The molecule has 8 heteroatoms. The van der Waals surface area contributed by atoms with Gasteiger partial charge in [0.25, 0.3) is 11.8 Å². The van der Waals surface area contributed by atoms with Gasteiger partial charge in [-0.15, -0.1) is 5.10 Å². The molecule has 1 amide bonds. The van der Waals surface area contributed by atoms with Crippen molar-refractivity contribution < 1.29 is 18.0 Å². The Labute approximate surface area is 169 Å². The van der Waals surface area contributed by atoms with Gasteiger partial charge in [0, 0.05) is 24.1 Å². The summed E-state index contributed by atoms with van der Waals surface area (Å²) in [6, 6.07) is 15.5. The van der Waals surface area contributed by atoms with Crippen LogP contribution in [-0.4, -0.2) is 20.7 Å². The molecule has 0 saturated carbocycles. The maximum absolute atomic E-state index is 14.4. The van der Waals surface area contributed by atoms with E-state index in [0.29, 0.717) is 11.3 Å². The van der Waals surface area contributed by atoms with E-state index in [1.807, 2.05) is 42.1 Å². The predicted octanol–water partition coefficient (Wildman–Crippen LogP) is 4.88. The molecule has 0 bridgehead atoms. The smallest absolute Gasteiger partial charge is 0.322 e. The summed E-state index contributed by atoms with van der Waals surface area (Å²) in [5.41, 5.74) is 2.55. The van der Waals surface area contributed by atoms with E-state index in [1.165, 1.54) is 18.4 Å². The zero-order chi connectivity index (χ0) is 20.7. The van der Waals surface area contributed by atoms with Crippen molar-refractivity contribution in [1.82, 2.24) is 14.8 Å². The Kier molecular flexibility index (Phi) is 4.17. The van der Waals surface area contributed by atoms with Crippen LogP contribution in [0.1, 0.15) is 10.4 Å². The number of hydrogen-bond acceptors (Lipinski definition) is 5. The zero-order valence-corrected chi connectivity index (χ0v) is 15.8. The molecule has 3 aromatic heterocycles. The van der Waals surface area contributed by atoms with E-state index in [9.17, 15) is 9.18 Å². The van der Waals surface area contributed by atoms with E-state index in [0.717, 1.165) is 16.5 Å². The number of aromatic nitrogens is 3. The molecule has 1 N–H and O–H groups in total. The molecule has 0 fully saturated rings. The fourth-order valence-corrected chi connectivity index (χ4v) is 3.28. The Morgan fingerprint density at radius 3 is 2.73 bits per heavy atom. The number of carbonyl (C=O) groups is 1. The fraction of sp³-hybridized carbons (Fsp3) is 0.0455. The van der Waals surface area contributed by atoms with Crippen molar-refractivity contribution in [3.8, 4) is 22.8 Å². The summed E-state index contributed by atoms with van der Waals surface area (Å²) in [4.78, 5) is 12.6. The lowest BCUT2D eigenvalue weighted by Crippen LogP contribution is -2.14. The molecule has 0 saturated heterocycles. The summed E-state index contributed by atoms with van der Waals surface area (Å²) >= 11 is 0. The molecule has 0 spiro atoms. The number of nitrogens with one attached hydrogen (secondary N) is 1. The minimum atomic E-state index is -0.690. The third-order valence-corrected chi connectivity index (χ3v) is 4.81. The maximum atomic E-state index is 14.4. The first-order valence-electron chi connectivity index (χ1n) is 9.12. The van der Waals surface area contributed by atoms with Crippen LogP contribution in [0, 0.1) is 5.82 Å². The molecule has 2 aromatic carbocycles. The molecule has 0 aliphatic rings. The lowest BCUT2D eigenvalue weighted by atomic mass is 10.0. The van der Waals surface area contributed by atoms with E-state index < -0.39 is 11.7 Å². The van der Waals surface area contributed by atoms with Crippen LogP contribution in [0.3, 0.4) is 0 Å². The van der Waals surface area contributed by atoms with Gasteiger partial charge in [0.05, 0.1) is 11.8 Å². The summed E-state index contributed by atoms with van der Waals surface area (Å²) in [6.07, 6.45) is 3.44. The van der Waals surface area contributed by atoms with Gasteiger partial charge in [0.2, 0.25) is 0 Å². The van der Waals surface area contributed by atoms with Gasteiger partial charge in [-0.25, -0.2) is 4.39 Å². The molecule has 5 aromatic rings. The molecular weight excluding hydrogens is 387 g/mol. The molecule has 0 aliphatic heterocycles. The number of fused-ring (bicyclic) bond motifs is 1. The molecular formula is C22H15FN4O3. The van der Waals surface area contributed by atoms with Gasteiger partial charge in [-0.3, -0.25) is 10.1 Å². The van der Waals surface area contributed by atoms with Crippen molar-refractivity contribution in [1.29, 1.82) is 0 Å². The van der Waals surface area contributed by atoms with Crippen LogP contribution in [0.5, 0.6) is 0 Å². The first kappa shape index (κ1) is 17.9. The highest BCUT2D eigenvalue weighted by Gasteiger charge is 2.18. The molecule has 148 valence electrons. The van der Waals surface area contributed by atoms with Gasteiger partial charge >= 0.3 is 6.01 Å². The van der Waals surface area contributed by atoms with Crippen LogP contribution in [0.4, 0.5) is 10.4 Å². The van der Waals surface area contributed by atoms with Gasteiger partial charge in [-0.2, -0.15) is 0 Å². The summed E-state index contributed by atoms with van der Waals surface area (Å²) in [7, 11) is 1.97. The summed E-state index contributed by atoms with van der Waals surface area (Å²) in [6.45, 7) is 0. The van der Waals surface area contributed by atoms with Crippen LogP contribution < -0.4 is 5.32 Å². The Morgan fingerprint density at radius 2 is 1.90 bits per heavy atom. The average molecular weight is 402 g/mol. The average Bonchev–Trinajstić information content (AvgIpc) is 3.50. The number of anilines is 1. The number of carbonyl (C=O) groups excluding carboxylic acids is 1. The number of furan rings is 1. The third-order valence-electron chi connectivity index (χ3n) is 4.81. The topological polar surface area (TPSA) is 86.1 Å². The minimum Gasteiger partial charge on any atom is -0.459 e. The Bertz CT molecular complexity index is 1370. The van der Waals surface area contributed by atoms with Crippen LogP contribution in [0.15, 0.2) is 75.9 Å². The number of aryl methyl sites for hydroxylation is 1. The monoisotopic (exact) mass is 402 g/mol. The quantitative estimate of drug-likeness (QED) is 0.463. The van der Waals surface area contributed by atoms with E-state index >= 15 is 0 Å². The van der Waals surface area contributed by atoms with Crippen molar-refractivity contribution in [2.75, 3.05) is 5.32 Å². The van der Waals surface area contributed by atoms with Crippen molar-refractivity contribution in [2.24, 2.45) is 7.05 Å². The van der Waals surface area contributed by atoms with Crippen molar-refractivity contribution in [3.63, 3.8) is 0 Å². The number of halogens is 1. The maximum Gasteiger partial charge on any atom is 0.322 e. The standard InChI is InChI=1S/C22H15FN4O3/c1-27-9-8-15-11-13(5-7-18(15)27)14-4-6-17(23)16(12-14)20(28)24-22-26-25-21(30-22)19-3-2-10-29-19/h2-12H,1H3,(H,24,26,28). The fourth-order valence-electron chi connectivity index (χ4n) is 3.28. The second-order valence-corrected chi connectivity index (χ2v) is 6.74. The van der Waals surface area contributed by atoms with E-state index in [1.54, 1.807) is 18.2 Å². The van der Waals surface area contributed by atoms with Crippen LogP contribution in [0.25, 0.3) is 33.7 Å². The van der Waals surface area contributed by atoms with Gasteiger partial charge in [-0.1, -0.05) is 17.2 Å². The van der Waals surface area contributed by atoms with Gasteiger partial charge in [0.1, 0.15) is 5.82 Å². The second-order valence-electron chi connectivity index (χ2n) is 6.74. The third kappa shape index (κ3) is 3.14. The highest BCUT2D eigenvalue weighted by atomic mass is 19.1. The highest BCUT2D eigenvalue weighted by molar-refractivity contribution is 6.04. The molecule has 3 heterocycles. The number of amides is 1. The first-order valence-corrected chi connectivity index (χ1v) is 9.12. The molecule has 5 rings (SSSR count). The van der Waals surface area contributed by atoms with Gasteiger partial charge < -0.3 is 13.4 Å². The van der Waals surface area contributed by atoms with E-state index in [4.69, 9.17) is 8.83 Å². The molecule has 7 nitrogen and oxygen atoms in total. The molecule has 0 radical (unpaired) electrons. The number of nitrogens with zero attached hydrogens (tertiary/aromatic N) is 3. The lowest BCUT2D eigenvalue weighted by molar-refractivity contribution is 0.102. The van der Waals surface area contributed by atoms with E-state index in [-0.39, 0.29) is 17.5 Å². The van der Waals surface area contributed by atoms with Crippen molar-refractivity contribution >= 4 is 22.8 Å². The highest BCUT2D eigenvalue weighted by Crippen LogP contribution is 2.27. The first-order chi connectivity index (χ1) is 14.6. The Morgan fingerprint density at radius 1 is 1.07 bits per heavy atom. The lowest BCUT2D eigenvalue weighted by Gasteiger charge is -2.07. The van der Waals surface area contributed by atoms with E-state index in [2.05, 4.69) is 15.5 Å². The summed E-state index contributed by atoms with van der Waals surface area (Å²) in [5.74, 6) is -0.860. The molecule has 0 atom stereocenters. The predicted molar refractivity (Wildman–Crippen MR) is 108 cm³/mol. The van der Waals surface area contributed by atoms with Gasteiger partial charge in [-0.05, 0) is 53.6 Å². The van der Waals surface area contributed by atoms with Gasteiger partial charge in [0.15, 0.2) is 5.76 Å². The van der Waals surface area contributed by atoms with Crippen LogP contribution in [0.2, 0.25) is 0 Å².